The first-order valence-corrected chi connectivity index (χ1v) is 7.18. The van der Waals surface area contributed by atoms with E-state index in [2.05, 4.69) is 15.5 Å². The fourth-order valence-electron chi connectivity index (χ4n) is 2.17. The number of hydrogen-bond acceptors (Lipinski definition) is 5. The zero-order valence-electron chi connectivity index (χ0n) is 12.2. The second-order valence-corrected chi connectivity index (χ2v) is 5.44. The van der Waals surface area contributed by atoms with E-state index in [1.54, 1.807) is 17.0 Å². The molecular formula is C15H19FN4O. The van der Waals surface area contributed by atoms with Crippen LogP contribution in [0.4, 0.5) is 10.4 Å². The summed E-state index contributed by atoms with van der Waals surface area (Å²) in [6.07, 6.45) is 2.43. The molecule has 1 atom stereocenters. The van der Waals surface area contributed by atoms with Crippen molar-refractivity contribution in [2.24, 2.45) is 0 Å². The van der Waals surface area contributed by atoms with E-state index in [4.69, 9.17) is 4.42 Å². The van der Waals surface area contributed by atoms with Gasteiger partial charge in [0.1, 0.15) is 5.82 Å². The monoisotopic (exact) mass is 290 g/mol. The summed E-state index contributed by atoms with van der Waals surface area (Å²) in [6.45, 7) is 2.49. The van der Waals surface area contributed by atoms with Crippen LogP contribution >= 0.6 is 0 Å². The average molecular weight is 290 g/mol. The van der Waals surface area contributed by atoms with Crippen LogP contribution < -0.4 is 10.2 Å². The van der Waals surface area contributed by atoms with Crippen molar-refractivity contribution in [2.45, 2.75) is 38.4 Å². The highest BCUT2D eigenvalue weighted by Crippen LogP contribution is 2.26. The minimum atomic E-state index is -0.230. The first-order valence-electron chi connectivity index (χ1n) is 7.18. The van der Waals surface area contributed by atoms with Gasteiger partial charge in [-0.05, 0) is 25.8 Å². The van der Waals surface area contributed by atoms with E-state index >= 15 is 0 Å². The molecule has 0 spiro atoms. The summed E-state index contributed by atoms with van der Waals surface area (Å²) in [4.78, 5) is 1.78. The van der Waals surface area contributed by atoms with Crippen molar-refractivity contribution < 1.29 is 8.81 Å². The molecule has 1 unspecified atom stereocenters. The fourth-order valence-corrected chi connectivity index (χ4v) is 2.17. The Kier molecular flexibility index (Phi) is 3.88. The van der Waals surface area contributed by atoms with Crippen molar-refractivity contribution in [2.75, 3.05) is 11.9 Å². The molecule has 1 N–H and O–H groups in total. The van der Waals surface area contributed by atoms with Gasteiger partial charge in [0.2, 0.25) is 5.89 Å². The van der Waals surface area contributed by atoms with E-state index in [-0.39, 0.29) is 11.9 Å². The summed E-state index contributed by atoms with van der Waals surface area (Å²) in [6, 6.07) is 7.53. The maximum Gasteiger partial charge on any atom is 0.318 e. The van der Waals surface area contributed by atoms with Gasteiger partial charge in [0.05, 0.1) is 12.6 Å². The SMILES string of the molecule is CC(c1ccccc1F)N(C)c1nnc(CNC2CC2)o1. The Morgan fingerprint density at radius 2 is 2.14 bits per heavy atom. The van der Waals surface area contributed by atoms with Gasteiger partial charge >= 0.3 is 6.01 Å². The van der Waals surface area contributed by atoms with Gasteiger partial charge in [0.25, 0.3) is 0 Å². The van der Waals surface area contributed by atoms with Crippen molar-refractivity contribution in [1.29, 1.82) is 0 Å². The maximum atomic E-state index is 13.8. The standard InChI is InChI=1S/C15H19FN4O/c1-10(12-5-3-4-6-13(12)16)20(2)15-19-18-14(21-15)9-17-11-7-8-11/h3-6,10-11,17H,7-9H2,1-2H3. The Bertz CT molecular complexity index is 611. The first kappa shape index (κ1) is 14.0. The molecule has 1 aliphatic rings. The van der Waals surface area contributed by atoms with Crippen molar-refractivity contribution >= 4 is 6.01 Å². The van der Waals surface area contributed by atoms with Crippen LogP contribution in [-0.4, -0.2) is 23.3 Å². The number of aromatic nitrogens is 2. The van der Waals surface area contributed by atoms with Crippen LogP contribution in [0.25, 0.3) is 0 Å². The molecule has 2 aromatic rings. The number of rotatable bonds is 6. The molecule has 1 saturated carbocycles. The third kappa shape index (κ3) is 3.21. The number of nitrogens with zero attached hydrogens (tertiary/aromatic N) is 3. The number of anilines is 1. The van der Waals surface area contributed by atoms with Crippen molar-refractivity contribution in [3.8, 4) is 0 Å². The molecule has 0 amide bonds. The normalized spacial score (nSPS) is 16.0. The second kappa shape index (κ2) is 5.81. The molecule has 21 heavy (non-hydrogen) atoms. The molecule has 0 bridgehead atoms. The molecule has 0 saturated heterocycles. The molecule has 6 heteroatoms. The topological polar surface area (TPSA) is 54.2 Å². The summed E-state index contributed by atoms with van der Waals surface area (Å²) >= 11 is 0. The Labute approximate surface area is 123 Å². The average Bonchev–Trinajstić information content (AvgIpc) is 3.21. The molecule has 1 aromatic heterocycles. The molecule has 5 nitrogen and oxygen atoms in total. The van der Waals surface area contributed by atoms with Gasteiger partial charge in [0.15, 0.2) is 0 Å². The van der Waals surface area contributed by atoms with E-state index in [1.807, 2.05) is 20.0 Å². The zero-order valence-corrected chi connectivity index (χ0v) is 12.2. The first-order chi connectivity index (χ1) is 10.1. The van der Waals surface area contributed by atoms with Gasteiger partial charge in [0, 0.05) is 18.7 Å². The van der Waals surface area contributed by atoms with Gasteiger partial charge < -0.3 is 14.6 Å². The molecule has 1 fully saturated rings. The number of halogens is 1. The van der Waals surface area contributed by atoms with E-state index in [1.165, 1.54) is 18.9 Å². The Morgan fingerprint density at radius 1 is 1.38 bits per heavy atom. The minimum Gasteiger partial charge on any atom is -0.407 e. The van der Waals surface area contributed by atoms with E-state index in [9.17, 15) is 4.39 Å². The lowest BCUT2D eigenvalue weighted by Gasteiger charge is -2.23. The van der Waals surface area contributed by atoms with Gasteiger partial charge in [-0.2, -0.15) is 0 Å². The molecular weight excluding hydrogens is 271 g/mol. The molecule has 0 radical (unpaired) electrons. The maximum absolute atomic E-state index is 13.8. The van der Waals surface area contributed by atoms with Crippen molar-refractivity contribution in [3.05, 3.63) is 41.5 Å². The Hall–Kier alpha value is -1.95. The molecule has 112 valence electrons. The summed E-state index contributed by atoms with van der Waals surface area (Å²) in [5.74, 6) is 0.330. The number of nitrogens with one attached hydrogen (secondary N) is 1. The Morgan fingerprint density at radius 3 is 2.86 bits per heavy atom. The highest BCUT2D eigenvalue weighted by Gasteiger charge is 2.23. The number of hydrogen-bond donors (Lipinski definition) is 1. The summed E-state index contributed by atoms with van der Waals surface area (Å²) in [7, 11) is 1.82. The van der Waals surface area contributed by atoms with Crippen LogP contribution in [0.2, 0.25) is 0 Å². The summed E-state index contributed by atoms with van der Waals surface area (Å²) in [5.41, 5.74) is 0.607. The Balaban J connectivity index is 1.69. The van der Waals surface area contributed by atoms with Gasteiger partial charge in [-0.1, -0.05) is 23.3 Å². The summed E-state index contributed by atoms with van der Waals surface area (Å²) < 4.78 is 19.5. The van der Waals surface area contributed by atoms with Gasteiger partial charge in [-0.25, -0.2) is 4.39 Å². The van der Waals surface area contributed by atoms with Crippen LogP contribution in [-0.2, 0) is 6.54 Å². The minimum absolute atomic E-state index is 0.184. The predicted molar refractivity (Wildman–Crippen MR) is 77.4 cm³/mol. The molecule has 1 heterocycles. The largest absolute Gasteiger partial charge is 0.407 e. The lowest BCUT2D eigenvalue weighted by molar-refractivity contribution is 0.455. The summed E-state index contributed by atoms with van der Waals surface area (Å²) in [5, 5.41) is 11.4. The zero-order chi connectivity index (χ0) is 14.8. The molecule has 1 aliphatic carbocycles. The second-order valence-electron chi connectivity index (χ2n) is 5.44. The molecule has 0 aliphatic heterocycles. The lowest BCUT2D eigenvalue weighted by Crippen LogP contribution is -2.22. The van der Waals surface area contributed by atoms with Crippen LogP contribution in [0.1, 0.15) is 37.3 Å². The predicted octanol–water partition coefficient (Wildman–Crippen LogP) is 2.66. The molecule has 1 aromatic carbocycles. The van der Waals surface area contributed by atoms with E-state index < -0.39 is 0 Å². The highest BCUT2D eigenvalue weighted by atomic mass is 19.1. The molecule has 3 rings (SSSR count). The van der Waals surface area contributed by atoms with Gasteiger partial charge in [-0.3, -0.25) is 0 Å². The third-order valence-corrected chi connectivity index (χ3v) is 3.81. The quantitative estimate of drug-likeness (QED) is 0.886. The smallest absolute Gasteiger partial charge is 0.318 e. The van der Waals surface area contributed by atoms with Crippen molar-refractivity contribution in [3.63, 3.8) is 0 Å². The lowest BCUT2D eigenvalue weighted by atomic mass is 10.1. The van der Waals surface area contributed by atoms with Crippen LogP contribution in [0, 0.1) is 5.82 Å². The van der Waals surface area contributed by atoms with Crippen molar-refractivity contribution in [1.82, 2.24) is 15.5 Å². The van der Waals surface area contributed by atoms with Crippen LogP contribution in [0.3, 0.4) is 0 Å². The van der Waals surface area contributed by atoms with Gasteiger partial charge in [-0.15, -0.1) is 5.10 Å². The highest BCUT2D eigenvalue weighted by molar-refractivity contribution is 5.32. The third-order valence-electron chi connectivity index (χ3n) is 3.81. The fraction of sp³-hybridized carbons (Fsp3) is 0.467. The van der Waals surface area contributed by atoms with E-state index in [0.29, 0.717) is 30.1 Å². The van der Waals surface area contributed by atoms with E-state index in [0.717, 1.165) is 0 Å². The number of benzene rings is 1. The van der Waals surface area contributed by atoms with Crippen LogP contribution in [0.5, 0.6) is 0 Å². The van der Waals surface area contributed by atoms with Crippen LogP contribution in [0.15, 0.2) is 28.7 Å².